The summed E-state index contributed by atoms with van der Waals surface area (Å²) in [6, 6.07) is 3.32. The van der Waals surface area contributed by atoms with Gasteiger partial charge in [0.1, 0.15) is 11.7 Å². The number of benzene rings is 1. The first-order chi connectivity index (χ1) is 13.6. The van der Waals surface area contributed by atoms with Crippen LogP contribution in [-0.4, -0.2) is 22.7 Å². The molecule has 1 aromatic carbocycles. The standard InChI is InChI=1S/C20H21Cl2N3O4/c1-10-9-29-19(24-10)20(2,3)18(28)23-8-11-6-13(21)16(14(22)7-11)12-4-5-15(26)25-17(12)27/h6-7,9,12H,4-5,8H2,1-3H3,(H,23,28)(H,25,26,27). The zero-order chi connectivity index (χ0) is 21.3. The molecule has 0 aliphatic carbocycles. The molecule has 154 valence electrons. The second-order valence-electron chi connectivity index (χ2n) is 7.58. The molecule has 7 nitrogen and oxygen atoms in total. The lowest BCUT2D eigenvalue weighted by Gasteiger charge is -2.24. The minimum atomic E-state index is -0.950. The van der Waals surface area contributed by atoms with E-state index in [1.807, 2.05) is 0 Å². The number of nitrogens with one attached hydrogen (secondary N) is 2. The number of hydrogen-bond acceptors (Lipinski definition) is 5. The summed E-state index contributed by atoms with van der Waals surface area (Å²) in [5.41, 5.74) is 0.922. The molecule has 2 aromatic rings. The Labute approximate surface area is 178 Å². The highest BCUT2D eigenvalue weighted by Gasteiger charge is 2.35. The van der Waals surface area contributed by atoms with Crippen LogP contribution in [0.3, 0.4) is 0 Å². The van der Waals surface area contributed by atoms with E-state index in [1.165, 1.54) is 6.26 Å². The third-order valence-corrected chi connectivity index (χ3v) is 5.53. The van der Waals surface area contributed by atoms with Crippen molar-refractivity contribution in [2.45, 2.75) is 51.5 Å². The number of imide groups is 1. The SMILES string of the molecule is Cc1coc(C(C)(C)C(=O)NCc2cc(Cl)c(C3CCC(=O)NC3=O)c(Cl)c2)n1. The maximum Gasteiger partial charge on any atom is 0.235 e. The van der Waals surface area contributed by atoms with Gasteiger partial charge >= 0.3 is 0 Å². The van der Waals surface area contributed by atoms with Gasteiger partial charge < -0.3 is 9.73 Å². The first-order valence-corrected chi connectivity index (χ1v) is 9.87. The summed E-state index contributed by atoms with van der Waals surface area (Å²) in [7, 11) is 0. The van der Waals surface area contributed by atoms with E-state index >= 15 is 0 Å². The van der Waals surface area contributed by atoms with E-state index in [1.54, 1.807) is 32.9 Å². The van der Waals surface area contributed by atoms with Gasteiger partial charge in [-0.05, 0) is 44.9 Å². The van der Waals surface area contributed by atoms with E-state index in [0.717, 1.165) is 0 Å². The normalized spacial score (nSPS) is 17.2. The van der Waals surface area contributed by atoms with Crippen LogP contribution in [0.2, 0.25) is 10.0 Å². The molecule has 29 heavy (non-hydrogen) atoms. The fourth-order valence-corrected chi connectivity index (χ4v) is 3.98. The number of rotatable bonds is 5. The van der Waals surface area contributed by atoms with Crippen LogP contribution in [0.1, 0.15) is 55.3 Å². The van der Waals surface area contributed by atoms with Crippen molar-refractivity contribution in [2.24, 2.45) is 0 Å². The molecule has 3 amide bonds. The highest BCUT2D eigenvalue weighted by molar-refractivity contribution is 6.36. The number of nitrogens with zero attached hydrogens (tertiary/aromatic N) is 1. The van der Waals surface area contributed by atoms with Crippen molar-refractivity contribution in [3.63, 3.8) is 0 Å². The van der Waals surface area contributed by atoms with Crippen molar-refractivity contribution >= 4 is 40.9 Å². The molecule has 1 aliphatic rings. The Balaban J connectivity index is 1.73. The van der Waals surface area contributed by atoms with Crippen LogP contribution in [0.5, 0.6) is 0 Å². The molecule has 2 N–H and O–H groups in total. The van der Waals surface area contributed by atoms with Gasteiger partial charge in [0.2, 0.25) is 23.6 Å². The summed E-state index contributed by atoms with van der Waals surface area (Å²) in [6.45, 7) is 5.42. The number of amides is 3. The molecule has 1 unspecified atom stereocenters. The Morgan fingerprint density at radius 1 is 1.31 bits per heavy atom. The summed E-state index contributed by atoms with van der Waals surface area (Å²) < 4.78 is 5.37. The topological polar surface area (TPSA) is 101 Å². The molecule has 1 aromatic heterocycles. The van der Waals surface area contributed by atoms with Gasteiger partial charge in [0, 0.05) is 28.6 Å². The number of halogens is 2. The zero-order valence-electron chi connectivity index (χ0n) is 16.3. The highest BCUT2D eigenvalue weighted by Crippen LogP contribution is 2.37. The average molecular weight is 438 g/mol. The van der Waals surface area contributed by atoms with Crippen LogP contribution in [0.4, 0.5) is 0 Å². The second kappa shape index (κ2) is 8.16. The first kappa shape index (κ1) is 21.3. The number of piperidine rings is 1. The largest absolute Gasteiger partial charge is 0.448 e. The lowest BCUT2D eigenvalue weighted by molar-refractivity contribution is -0.134. The Bertz CT molecular complexity index is 961. The van der Waals surface area contributed by atoms with Gasteiger partial charge in [-0.2, -0.15) is 0 Å². The fourth-order valence-electron chi connectivity index (χ4n) is 3.18. The molecule has 0 spiro atoms. The minimum Gasteiger partial charge on any atom is -0.448 e. The van der Waals surface area contributed by atoms with E-state index in [9.17, 15) is 14.4 Å². The Kier molecular flexibility index (Phi) is 6.00. The van der Waals surface area contributed by atoms with Gasteiger partial charge in [0.15, 0.2) is 0 Å². The predicted molar refractivity (Wildman–Crippen MR) is 108 cm³/mol. The zero-order valence-corrected chi connectivity index (χ0v) is 17.8. The van der Waals surface area contributed by atoms with Gasteiger partial charge in [-0.3, -0.25) is 19.7 Å². The summed E-state index contributed by atoms with van der Waals surface area (Å²) in [5.74, 6) is -1.23. The van der Waals surface area contributed by atoms with Crippen molar-refractivity contribution in [1.29, 1.82) is 0 Å². The average Bonchev–Trinajstić information content (AvgIpc) is 3.08. The van der Waals surface area contributed by atoms with E-state index in [4.69, 9.17) is 27.6 Å². The third-order valence-electron chi connectivity index (χ3n) is 4.90. The summed E-state index contributed by atoms with van der Waals surface area (Å²) in [4.78, 5) is 40.4. The Morgan fingerprint density at radius 3 is 2.52 bits per heavy atom. The molecular formula is C20H21Cl2N3O4. The van der Waals surface area contributed by atoms with Crippen LogP contribution >= 0.6 is 23.2 Å². The third kappa shape index (κ3) is 4.46. The lowest BCUT2D eigenvalue weighted by atomic mass is 9.89. The summed E-state index contributed by atoms with van der Waals surface area (Å²) >= 11 is 12.8. The fraction of sp³-hybridized carbons (Fsp3) is 0.400. The maximum absolute atomic E-state index is 12.6. The highest BCUT2D eigenvalue weighted by atomic mass is 35.5. The number of aryl methyl sites for hydroxylation is 1. The van der Waals surface area contributed by atoms with Gasteiger partial charge in [-0.15, -0.1) is 0 Å². The molecule has 1 atom stereocenters. The number of carbonyl (C=O) groups is 3. The van der Waals surface area contributed by atoms with Gasteiger partial charge in [-0.1, -0.05) is 23.2 Å². The monoisotopic (exact) mass is 437 g/mol. The van der Waals surface area contributed by atoms with Crippen molar-refractivity contribution < 1.29 is 18.8 Å². The molecular weight excluding hydrogens is 417 g/mol. The minimum absolute atomic E-state index is 0.191. The van der Waals surface area contributed by atoms with Crippen LogP contribution in [0.15, 0.2) is 22.8 Å². The van der Waals surface area contributed by atoms with E-state index in [2.05, 4.69) is 15.6 Å². The lowest BCUT2D eigenvalue weighted by Crippen LogP contribution is -2.40. The van der Waals surface area contributed by atoms with Gasteiger partial charge in [0.25, 0.3) is 0 Å². The number of oxazole rings is 1. The predicted octanol–water partition coefficient (Wildman–Crippen LogP) is 3.40. The van der Waals surface area contributed by atoms with E-state index in [-0.39, 0.29) is 24.8 Å². The Morgan fingerprint density at radius 2 is 1.97 bits per heavy atom. The number of aromatic nitrogens is 1. The molecule has 0 radical (unpaired) electrons. The summed E-state index contributed by atoms with van der Waals surface area (Å²) in [6.07, 6.45) is 2.08. The molecule has 2 heterocycles. The van der Waals surface area contributed by atoms with Crippen LogP contribution in [0.25, 0.3) is 0 Å². The van der Waals surface area contributed by atoms with Crippen LogP contribution in [-0.2, 0) is 26.3 Å². The van der Waals surface area contributed by atoms with Crippen molar-refractivity contribution in [3.05, 3.63) is 51.2 Å². The van der Waals surface area contributed by atoms with E-state index < -0.39 is 17.2 Å². The van der Waals surface area contributed by atoms with Crippen LogP contribution in [0, 0.1) is 6.92 Å². The molecule has 3 rings (SSSR count). The van der Waals surface area contributed by atoms with Crippen molar-refractivity contribution in [2.75, 3.05) is 0 Å². The maximum atomic E-state index is 12.6. The van der Waals surface area contributed by atoms with Gasteiger partial charge in [-0.25, -0.2) is 4.98 Å². The molecule has 0 saturated carbocycles. The first-order valence-electron chi connectivity index (χ1n) is 9.12. The summed E-state index contributed by atoms with van der Waals surface area (Å²) in [5, 5.41) is 5.78. The number of hydrogen-bond donors (Lipinski definition) is 2. The quantitative estimate of drug-likeness (QED) is 0.697. The Hall–Kier alpha value is -2.38. The van der Waals surface area contributed by atoms with E-state index in [0.29, 0.717) is 39.2 Å². The second-order valence-corrected chi connectivity index (χ2v) is 8.39. The number of carbonyl (C=O) groups excluding carboxylic acids is 3. The molecule has 1 saturated heterocycles. The van der Waals surface area contributed by atoms with Crippen molar-refractivity contribution in [1.82, 2.24) is 15.6 Å². The molecule has 9 heteroatoms. The van der Waals surface area contributed by atoms with Crippen LogP contribution < -0.4 is 10.6 Å². The molecule has 0 bridgehead atoms. The van der Waals surface area contributed by atoms with Crippen molar-refractivity contribution in [3.8, 4) is 0 Å². The van der Waals surface area contributed by atoms with Gasteiger partial charge in [0.05, 0.1) is 11.6 Å². The smallest absolute Gasteiger partial charge is 0.235 e. The molecule has 1 fully saturated rings. The molecule has 1 aliphatic heterocycles.